The van der Waals surface area contributed by atoms with Gasteiger partial charge in [0, 0.05) is 43.9 Å². The standard InChI is InChI=1S/C26H32N4O2S/c1-3-4-15-29(2)24(31)19-13-16-30(17-14-19)25(32)21-10-6-5-9-20(21)18-33-26-27-22-11-7-8-12-23(22)28-26/h5-12,19H,3-4,13-18H2,1-2H3,(H,27,28). The van der Waals surface area contributed by atoms with Crippen LogP contribution in [0.15, 0.2) is 53.7 Å². The molecule has 0 radical (unpaired) electrons. The number of H-pyrrole nitrogens is 1. The molecule has 1 aliphatic heterocycles. The predicted molar refractivity (Wildman–Crippen MR) is 133 cm³/mol. The summed E-state index contributed by atoms with van der Waals surface area (Å²) in [5.41, 5.74) is 3.71. The highest BCUT2D eigenvalue weighted by Gasteiger charge is 2.30. The van der Waals surface area contributed by atoms with Crippen LogP contribution in [0.4, 0.5) is 0 Å². The van der Waals surface area contributed by atoms with E-state index in [-0.39, 0.29) is 17.7 Å². The lowest BCUT2D eigenvalue weighted by molar-refractivity contribution is -0.135. The zero-order valence-corrected chi connectivity index (χ0v) is 20.2. The predicted octanol–water partition coefficient (Wildman–Crippen LogP) is 4.97. The lowest BCUT2D eigenvalue weighted by Gasteiger charge is -2.33. The zero-order chi connectivity index (χ0) is 23.2. The number of rotatable bonds is 8. The number of hydrogen-bond donors (Lipinski definition) is 1. The fourth-order valence-electron chi connectivity index (χ4n) is 4.32. The van der Waals surface area contributed by atoms with Gasteiger partial charge in [0.2, 0.25) is 5.91 Å². The van der Waals surface area contributed by atoms with Gasteiger partial charge in [-0.3, -0.25) is 9.59 Å². The minimum Gasteiger partial charge on any atom is -0.346 e. The first-order valence-corrected chi connectivity index (χ1v) is 12.7. The highest BCUT2D eigenvalue weighted by atomic mass is 32.2. The molecule has 2 amide bonds. The Hall–Kier alpha value is -2.80. The van der Waals surface area contributed by atoms with Gasteiger partial charge in [-0.1, -0.05) is 55.4 Å². The van der Waals surface area contributed by atoms with Crippen molar-refractivity contribution in [3.8, 4) is 0 Å². The van der Waals surface area contributed by atoms with Gasteiger partial charge in [0.05, 0.1) is 11.0 Å². The van der Waals surface area contributed by atoms with Crippen molar-refractivity contribution < 1.29 is 9.59 Å². The lowest BCUT2D eigenvalue weighted by Crippen LogP contribution is -2.43. The molecule has 3 aromatic rings. The number of nitrogens with one attached hydrogen (secondary N) is 1. The molecule has 2 aromatic carbocycles. The van der Waals surface area contributed by atoms with E-state index in [9.17, 15) is 9.59 Å². The first-order chi connectivity index (χ1) is 16.1. The lowest BCUT2D eigenvalue weighted by atomic mass is 9.94. The molecular formula is C26H32N4O2S. The number of thioether (sulfide) groups is 1. The summed E-state index contributed by atoms with van der Waals surface area (Å²) in [5.74, 6) is 0.966. The Labute approximate surface area is 199 Å². The second-order valence-corrected chi connectivity index (χ2v) is 9.65. The number of aromatic amines is 1. The summed E-state index contributed by atoms with van der Waals surface area (Å²) < 4.78 is 0. The fourth-order valence-corrected chi connectivity index (χ4v) is 5.20. The summed E-state index contributed by atoms with van der Waals surface area (Å²) in [6.07, 6.45) is 3.58. The van der Waals surface area contributed by atoms with Crippen LogP contribution < -0.4 is 0 Å². The van der Waals surface area contributed by atoms with Crippen LogP contribution in [-0.4, -0.2) is 58.3 Å². The van der Waals surface area contributed by atoms with Crippen LogP contribution in [0.25, 0.3) is 11.0 Å². The average molecular weight is 465 g/mol. The van der Waals surface area contributed by atoms with Crippen molar-refractivity contribution in [2.75, 3.05) is 26.7 Å². The van der Waals surface area contributed by atoms with Crippen LogP contribution >= 0.6 is 11.8 Å². The summed E-state index contributed by atoms with van der Waals surface area (Å²) in [7, 11) is 1.89. The molecule has 2 heterocycles. The van der Waals surface area contributed by atoms with E-state index in [2.05, 4.69) is 16.9 Å². The van der Waals surface area contributed by atoms with Crippen molar-refractivity contribution in [1.29, 1.82) is 0 Å². The second-order valence-electron chi connectivity index (χ2n) is 8.68. The van der Waals surface area contributed by atoms with E-state index in [1.165, 1.54) is 0 Å². The Morgan fingerprint density at radius 3 is 2.61 bits per heavy atom. The molecule has 0 atom stereocenters. The fraction of sp³-hybridized carbons (Fsp3) is 0.423. The van der Waals surface area contributed by atoms with E-state index in [0.29, 0.717) is 18.8 Å². The topological polar surface area (TPSA) is 69.3 Å². The van der Waals surface area contributed by atoms with Gasteiger partial charge in [-0.25, -0.2) is 4.98 Å². The molecule has 0 unspecified atom stereocenters. The van der Waals surface area contributed by atoms with Gasteiger partial charge in [-0.2, -0.15) is 0 Å². The minimum atomic E-state index is 0.0230. The molecule has 1 N–H and O–H groups in total. The highest BCUT2D eigenvalue weighted by Crippen LogP contribution is 2.27. The number of unbranched alkanes of at least 4 members (excludes halogenated alkanes) is 1. The quantitative estimate of drug-likeness (QED) is 0.478. The van der Waals surface area contributed by atoms with Crippen molar-refractivity contribution in [2.45, 2.75) is 43.5 Å². The Kier molecular flexibility index (Phi) is 7.70. The van der Waals surface area contributed by atoms with Crippen LogP contribution in [0.1, 0.15) is 48.5 Å². The van der Waals surface area contributed by atoms with E-state index in [0.717, 1.165) is 59.5 Å². The second kappa shape index (κ2) is 10.9. The summed E-state index contributed by atoms with van der Waals surface area (Å²) in [4.78, 5) is 37.7. The van der Waals surface area contributed by atoms with Crippen molar-refractivity contribution in [1.82, 2.24) is 19.8 Å². The number of aromatic nitrogens is 2. The molecule has 7 heteroatoms. The summed E-state index contributed by atoms with van der Waals surface area (Å²) in [6.45, 7) is 4.20. The number of fused-ring (bicyclic) bond motifs is 1. The molecular weight excluding hydrogens is 432 g/mol. The molecule has 0 aliphatic carbocycles. The maximum Gasteiger partial charge on any atom is 0.254 e. The molecule has 6 nitrogen and oxygen atoms in total. The monoisotopic (exact) mass is 464 g/mol. The Morgan fingerprint density at radius 1 is 1.12 bits per heavy atom. The number of benzene rings is 2. The molecule has 1 aromatic heterocycles. The summed E-state index contributed by atoms with van der Waals surface area (Å²) in [6, 6.07) is 15.8. The number of carbonyl (C=O) groups excluding carboxylic acids is 2. The Morgan fingerprint density at radius 2 is 1.85 bits per heavy atom. The third-order valence-electron chi connectivity index (χ3n) is 6.33. The third-order valence-corrected chi connectivity index (χ3v) is 7.26. The molecule has 0 spiro atoms. The number of likely N-dealkylation sites (tertiary alicyclic amines) is 1. The van der Waals surface area contributed by atoms with Gasteiger partial charge >= 0.3 is 0 Å². The minimum absolute atomic E-state index is 0.0230. The maximum absolute atomic E-state index is 13.3. The number of hydrogen-bond acceptors (Lipinski definition) is 4. The normalized spacial score (nSPS) is 14.5. The maximum atomic E-state index is 13.3. The molecule has 4 rings (SSSR count). The number of piperidine rings is 1. The first kappa shape index (κ1) is 23.4. The van der Waals surface area contributed by atoms with Crippen molar-refractivity contribution >= 4 is 34.6 Å². The van der Waals surface area contributed by atoms with Crippen molar-refractivity contribution in [2.24, 2.45) is 5.92 Å². The van der Waals surface area contributed by atoms with E-state index >= 15 is 0 Å². The molecule has 1 aliphatic rings. The Bertz CT molecular complexity index is 1070. The summed E-state index contributed by atoms with van der Waals surface area (Å²) >= 11 is 1.60. The van der Waals surface area contributed by atoms with E-state index in [1.807, 2.05) is 65.4 Å². The van der Waals surface area contributed by atoms with Gasteiger partial charge < -0.3 is 14.8 Å². The average Bonchev–Trinajstić information content (AvgIpc) is 3.28. The number of amides is 2. The van der Waals surface area contributed by atoms with Gasteiger partial charge in [0.25, 0.3) is 5.91 Å². The highest BCUT2D eigenvalue weighted by molar-refractivity contribution is 7.98. The molecule has 0 saturated carbocycles. The van der Waals surface area contributed by atoms with Gasteiger partial charge in [0.15, 0.2) is 5.16 Å². The largest absolute Gasteiger partial charge is 0.346 e. The van der Waals surface area contributed by atoms with Gasteiger partial charge in [-0.05, 0) is 43.0 Å². The van der Waals surface area contributed by atoms with Crippen LogP contribution in [0.3, 0.4) is 0 Å². The summed E-state index contributed by atoms with van der Waals surface area (Å²) in [5, 5.41) is 0.852. The van der Waals surface area contributed by atoms with Crippen LogP contribution in [0.2, 0.25) is 0 Å². The van der Waals surface area contributed by atoms with E-state index in [4.69, 9.17) is 0 Å². The third kappa shape index (κ3) is 5.58. The number of nitrogens with zero attached hydrogens (tertiary/aromatic N) is 3. The molecule has 174 valence electrons. The van der Waals surface area contributed by atoms with Crippen LogP contribution in [-0.2, 0) is 10.5 Å². The molecule has 1 fully saturated rings. The van der Waals surface area contributed by atoms with Crippen LogP contribution in [0, 0.1) is 5.92 Å². The Balaban J connectivity index is 1.36. The molecule has 1 saturated heterocycles. The van der Waals surface area contributed by atoms with Gasteiger partial charge in [-0.15, -0.1) is 0 Å². The number of carbonyl (C=O) groups is 2. The van der Waals surface area contributed by atoms with Crippen LogP contribution in [0.5, 0.6) is 0 Å². The SMILES string of the molecule is CCCCN(C)C(=O)C1CCN(C(=O)c2ccccc2CSc2nc3ccccc3[nH]2)CC1. The first-order valence-electron chi connectivity index (χ1n) is 11.8. The smallest absolute Gasteiger partial charge is 0.254 e. The molecule has 0 bridgehead atoms. The number of para-hydroxylation sites is 2. The van der Waals surface area contributed by atoms with Gasteiger partial charge in [0.1, 0.15) is 0 Å². The van der Waals surface area contributed by atoms with E-state index < -0.39 is 0 Å². The van der Waals surface area contributed by atoms with Crippen molar-refractivity contribution in [3.05, 3.63) is 59.7 Å². The number of imidazole rings is 1. The van der Waals surface area contributed by atoms with E-state index in [1.54, 1.807) is 11.8 Å². The zero-order valence-electron chi connectivity index (χ0n) is 19.4. The molecule has 33 heavy (non-hydrogen) atoms. The van der Waals surface area contributed by atoms with Crippen molar-refractivity contribution in [3.63, 3.8) is 0 Å².